The van der Waals surface area contributed by atoms with Gasteiger partial charge in [0.25, 0.3) is 0 Å². The zero-order valence-corrected chi connectivity index (χ0v) is 8.43. The molecule has 1 unspecified atom stereocenters. The summed E-state index contributed by atoms with van der Waals surface area (Å²) < 4.78 is 4.55. The van der Waals surface area contributed by atoms with Crippen molar-refractivity contribution < 1.29 is 9.53 Å². The first-order valence-electron chi connectivity index (χ1n) is 4.77. The first kappa shape index (κ1) is 11.5. The summed E-state index contributed by atoms with van der Waals surface area (Å²) in [6.45, 7) is 4.43. The Balaban J connectivity index is 3.24. The Labute approximate surface area is 75.3 Å². The molecule has 0 aliphatic heterocycles. The second kappa shape index (κ2) is 7.14. The van der Waals surface area contributed by atoms with Gasteiger partial charge in [-0.1, -0.05) is 33.1 Å². The van der Waals surface area contributed by atoms with Gasteiger partial charge in [-0.2, -0.15) is 0 Å². The molecule has 0 spiro atoms. The van der Waals surface area contributed by atoms with Gasteiger partial charge in [-0.25, -0.2) is 0 Å². The molecule has 0 saturated heterocycles. The molecule has 0 radical (unpaired) electrons. The van der Waals surface area contributed by atoms with Crippen molar-refractivity contribution in [1.82, 2.24) is 0 Å². The highest BCUT2D eigenvalue weighted by Gasteiger charge is 2.03. The van der Waals surface area contributed by atoms with Crippen LogP contribution < -0.4 is 0 Å². The number of carbonyl (C=O) groups excluding carboxylic acids is 1. The minimum absolute atomic E-state index is 0.0845. The SMILES string of the molecule is CCCC(C)CCCC(=O)OC. The van der Waals surface area contributed by atoms with Crippen molar-refractivity contribution in [2.75, 3.05) is 7.11 Å². The number of hydrogen-bond acceptors (Lipinski definition) is 2. The zero-order chi connectivity index (χ0) is 9.40. The summed E-state index contributed by atoms with van der Waals surface area (Å²) >= 11 is 0. The zero-order valence-electron chi connectivity index (χ0n) is 8.43. The maximum atomic E-state index is 10.7. The summed E-state index contributed by atoms with van der Waals surface area (Å²) in [5.41, 5.74) is 0. The fourth-order valence-corrected chi connectivity index (χ4v) is 1.33. The Bertz CT molecular complexity index is 121. The number of esters is 1. The number of carbonyl (C=O) groups is 1. The lowest BCUT2D eigenvalue weighted by Gasteiger charge is -2.08. The molecule has 0 fully saturated rings. The lowest BCUT2D eigenvalue weighted by atomic mass is 9.99. The fourth-order valence-electron chi connectivity index (χ4n) is 1.33. The molecule has 0 aliphatic rings. The van der Waals surface area contributed by atoms with Crippen molar-refractivity contribution >= 4 is 5.97 Å². The summed E-state index contributed by atoms with van der Waals surface area (Å²) in [6.07, 6.45) is 5.18. The predicted octanol–water partition coefficient (Wildman–Crippen LogP) is 2.77. The van der Waals surface area contributed by atoms with Gasteiger partial charge in [0.05, 0.1) is 7.11 Å². The second-order valence-electron chi connectivity index (χ2n) is 3.36. The topological polar surface area (TPSA) is 26.3 Å². The second-order valence-corrected chi connectivity index (χ2v) is 3.36. The van der Waals surface area contributed by atoms with Crippen LogP contribution in [0, 0.1) is 5.92 Å². The van der Waals surface area contributed by atoms with Crippen LogP contribution in [0.1, 0.15) is 46.0 Å². The molecular formula is C10H20O2. The van der Waals surface area contributed by atoms with Crippen molar-refractivity contribution in [3.8, 4) is 0 Å². The molecule has 0 aromatic rings. The van der Waals surface area contributed by atoms with E-state index in [1.54, 1.807) is 0 Å². The third-order valence-electron chi connectivity index (χ3n) is 2.09. The molecule has 2 heteroatoms. The Kier molecular flexibility index (Phi) is 6.82. The van der Waals surface area contributed by atoms with Crippen LogP contribution in [0.25, 0.3) is 0 Å². The van der Waals surface area contributed by atoms with Crippen LogP contribution in [0.3, 0.4) is 0 Å². The van der Waals surface area contributed by atoms with Crippen LogP contribution in [-0.2, 0) is 9.53 Å². The van der Waals surface area contributed by atoms with Crippen molar-refractivity contribution in [3.05, 3.63) is 0 Å². The molecular weight excluding hydrogens is 152 g/mol. The average molecular weight is 172 g/mol. The lowest BCUT2D eigenvalue weighted by molar-refractivity contribution is -0.140. The smallest absolute Gasteiger partial charge is 0.305 e. The van der Waals surface area contributed by atoms with Crippen LogP contribution >= 0.6 is 0 Å². The van der Waals surface area contributed by atoms with Crippen LogP contribution in [0.15, 0.2) is 0 Å². The summed E-state index contributed by atoms with van der Waals surface area (Å²) in [7, 11) is 1.44. The van der Waals surface area contributed by atoms with E-state index in [-0.39, 0.29) is 5.97 Å². The van der Waals surface area contributed by atoms with Crippen molar-refractivity contribution in [2.24, 2.45) is 5.92 Å². The molecule has 0 aromatic carbocycles. The van der Waals surface area contributed by atoms with Crippen LogP contribution in [0.2, 0.25) is 0 Å². The molecule has 2 nitrogen and oxygen atoms in total. The van der Waals surface area contributed by atoms with Crippen molar-refractivity contribution in [1.29, 1.82) is 0 Å². The maximum absolute atomic E-state index is 10.7. The van der Waals surface area contributed by atoms with E-state index in [0.29, 0.717) is 6.42 Å². The molecule has 0 rings (SSSR count). The Morgan fingerprint density at radius 1 is 1.42 bits per heavy atom. The first-order valence-corrected chi connectivity index (χ1v) is 4.77. The van der Waals surface area contributed by atoms with Gasteiger partial charge in [0.2, 0.25) is 0 Å². The van der Waals surface area contributed by atoms with Crippen molar-refractivity contribution in [2.45, 2.75) is 46.0 Å². The molecule has 0 bridgehead atoms. The molecule has 1 atom stereocenters. The van der Waals surface area contributed by atoms with Gasteiger partial charge in [-0.3, -0.25) is 4.79 Å². The summed E-state index contributed by atoms with van der Waals surface area (Å²) in [5, 5.41) is 0. The fraction of sp³-hybridized carbons (Fsp3) is 0.900. The van der Waals surface area contributed by atoms with Gasteiger partial charge in [0, 0.05) is 6.42 Å². The van der Waals surface area contributed by atoms with E-state index in [2.05, 4.69) is 18.6 Å². The quantitative estimate of drug-likeness (QED) is 0.576. The number of methoxy groups -OCH3 is 1. The van der Waals surface area contributed by atoms with Gasteiger partial charge >= 0.3 is 5.97 Å². The Morgan fingerprint density at radius 2 is 2.08 bits per heavy atom. The van der Waals surface area contributed by atoms with E-state index in [1.165, 1.54) is 20.0 Å². The van der Waals surface area contributed by atoms with Gasteiger partial charge in [-0.05, 0) is 12.3 Å². The van der Waals surface area contributed by atoms with Crippen LogP contribution in [0.4, 0.5) is 0 Å². The molecule has 12 heavy (non-hydrogen) atoms. The largest absolute Gasteiger partial charge is 0.469 e. The third-order valence-corrected chi connectivity index (χ3v) is 2.09. The lowest BCUT2D eigenvalue weighted by Crippen LogP contribution is -2.01. The molecule has 0 N–H and O–H groups in total. The van der Waals surface area contributed by atoms with E-state index in [0.717, 1.165) is 18.8 Å². The van der Waals surface area contributed by atoms with E-state index < -0.39 is 0 Å². The maximum Gasteiger partial charge on any atom is 0.305 e. The molecule has 0 heterocycles. The number of rotatable bonds is 6. The molecule has 0 amide bonds. The van der Waals surface area contributed by atoms with E-state index >= 15 is 0 Å². The monoisotopic (exact) mass is 172 g/mol. The van der Waals surface area contributed by atoms with E-state index in [1.807, 2.05) is 0 Å². The normalized spacial score (nSPS) is 12.6. The highest BCUT2D eigenvalue weighted by Crippen LogP contribution is 2.13. The molecule has 0 saturated carbocycles. The highest BCUT2D eigenvalue weighted by molar-refractivity contribution is 5.68. The standard InChI is InChI=1S/C10H20O2/c1-4-6-9(2)7-5-8-10(11)12-3/h9H,4-8H2,1-3H3. The summed E-state index contributed by atoms with van der Waals surface area (Å²) in [4.78, 5) is 10.7. The van der Waals surface area contributed by atoms with Crippen LogP contribution in [0.5, 0.6) is 0 Å². The third kappa shape index (κ3) is 6.20. The first-order chi connectivity index (χ1) is 5.70. The van der Waals surface area contributed by atoms with Gasteiger partial charge in [-0.15, -0.1) is 0 Å². The summed E-state index contributed by atoms with van der Waals surface area (Å²) in [6, 6.07) is 0. The minimum atomic E-state index is -0.0845. The Hall–Kier alpha value is -0.530. The van der Waals surface area contributed by atoms with E-state index in [9.17, 15) is 4.79 Å². The minimum Gasteiger partial charge on any atom is -0.469 e. The van der Waals surface area contributed by atoms with Gasteiger partial charge in [0.15, 0.2) is 0 Å². The molecule has 0 aromatic heterocycles. The van der Waals surface area contributed by atoms with Gasteiger partial charge in [0.1, 0.15) is 0 Å². The number of hydrogen-bond donors (Lipinski definition) is 0. The molecule has 72 valence electrons. The Morgan fingerprint density at radius 3 is 2.58 bits per heavy atom. The summed E-state index contributed by atoms with van der Waals surface area (Å²) in [5.74, 6) is 0.665. The van der Waals surface area contributed by atoms with Crippen LogP contribution in [-0.4, -0.2) is 13.1 Å². The van der Waals surface area contributed by atoms with Crippen molar-refractivity contribution in [3.63, 3.8) is 0 Å². The van der Waals surface area contributed by atoms with E-state index in [4.69, 9.17) is 0 Å². The van der Waals surface area contributed by atoms with Gasteiger partial charge < -0.3 is 4.74 Å². The highest BCUT2D eigenvalue weighted by atomic mass is 16.5. The predicted molar refractivity (Wildman–Crippen MR) is 49.9 cm³/mol. The number of ether oxygens (including phenoxy) is 1. The molecule has 0 aliphatic carbocycles. The average Bonchev–Trinajstić information content (AvgIpc) is 2.04.